The summed E-state index contributed by atoms with van der Waals surface area (Å²) in [7, 11) is 0. The van der Waals surface area contributed by atoms with Crippen molar-refractivity contribution < 1.29 is 13.9 Å². The molecule has 25 heavy (non-hydrogen) atoms. The number of hydrogen-bond donors (Lipinski definition) is 0. The van der Waals surface area contributed by atoms with Crippen LogP contribution in [0.5, 0.6) is 0 Å². The van der Waals surface area contributed by atoms with Crippen LogP contribution in [0, 0.1) is 5.41 Å². The quantitative estimate of drug-likeness (QED) is 0.274. The van der Waals surface area contributed by atoms with Crippen LogP contribution in [0.15, 0.2) is 39.5 Å². The van der Waals surface area contributed by atoms with E-state index in [0.29, 0.717) is 12.2 Å². The molecule has 0 aliphatic rings. The van der Waals surface area contributed by atoms with Crippen LogP contribution in [0.4, 0.5) is 0 Å². The number of ether oxygens (including phenoxy) is 1. The Hall–Kier alpha value is -1.58. The summed E-state index contributed by atoms with van der Waals surface area (Å²) in [5.41, 5.74) is -0.00295. The minimum atomic E-state index is -0.390. The van der Waals surface area contributed by atoms with E-state index in [1.807, 2.05) is 45.0 Å². The van der Waals surface area contributed by atoms with E-state index in [4.69, 9.17) is 9.15 Å². The number of carbonyl (C=O) groups is 1. The predicted octanol–water partition coefficient (Wildman–Crippen LogP) is 3.69. The normalized spacial score (nSPS) is 11.6. The first-order chi connectivity index (χ1) is 11.9. The molecule has 5 heteroatoms. The molecular formula is C20H26O4Se. The molecule has 0 radical (unpaired) electrons. The van der Waals surface area contributed by atoms with Gasteiger partial charge in [0.15, 0.2) is 0 Å². The topological polar surface area (TPSA) is 56.5 Å². The molecule has 1 aromatic heterocycles. The van der Waals surface area contributed by atoms with Crippen molar-refractivity contribution >= 4 is 36.4 Å². The van der Waals surface area contributed by atoms with E-state index >= 15 is 0 Å². The molecule has 2 aromatic rings. The van der Waals surface area contributed by atoms with Gasteiger partial charge in [0.2, 0.25) is 0 Å². The molecule has 0 aliphatic heterocycles. The van der Waals surface area contributed by atoms with Gasteiger partial charge in [-0.15, -0.1) is 0 Å². The van der Waals surface area contributed by atoms with Gasteiger partial charge in [-0.3, -0.25) is 0 Å². The van der Waals surface area contributed by atoms with E-state index in [1.54, 1.807) is 6.07 Å². The van der Waals surface area contributed by atoms with E-state index in [-0.39, 0.29) is 26.6 Å². The van der Waals surface area contributed by atoms with Gasteiger partial charge < -0.3 is 0 Å². The molecule has 4 nitrogen and oxygen atoms in total. The number of esters is 1. The number of para-hydroxylation sites is 1. The van der Waals surface area contributed by atoms with Crippen molar-refractivity contribution in [3.8, 4) is 0 Å². The van der Waals surface area contributed by atoms with Crippen LogP contribution in [0.2, 0.25) is 5.32 Å². The number of rotatable bonds is 9. The third kappa shape index (κ3) is 5.72. The number of unbranched alkanes of at least 4 members (excludes halogenated alkanes) is 2. The zero-order valence-corrected chi connectivity index (χ0v) is 16.9. The molecule has 0 spiro atoms. The van der Waals surface area contributed by atoms with E-state index in [0.717, 1.165) is 40.9 Å². The number of carbonyl (C=O) groups excluding carboxylic acids is 1. The molecule has 0 bridgehead atoms. The standard InChI is InChI=1S/C20H26O4Se/c1-4-20(2,3)19(22)23-12-8-5-9-13-25-17-14-18(21)24-16-11-7-6-10-15(16)17/h6-7,10-11,14H,4-5,8-9,12-13H2,1-3H3. The second kappa shape index (κ2) is 9.21. The van der Waals surface area contributed by atoms with Crippen molar-refractivity contribution in [1.29, 1.82) is 0 Å². The van der Waals surface area contributed by atoms with Crippen molar-refractivity contribution in [2.75, 3.05) is 6.61 Å². The Kier molecular flexibility index (Phi) is 7.27. The average molecular weight is 409 g/mol. The summed E-state index contributed by atoms with van der Waals surface area (Å²) >= 11 is 0.246. The Labute approximate surface area is 155 Å². The van der Waals surface area contributed by atoms with Crippen molar-refractivity contribution in [2.45, 2.75) is 51.8 Å². The summed E-state index contributed by atoms with van der Waals surface area (Å²) in [6.45, 7) is 6.32. The van der Waals surface area contributed by atoms with Crippen molar-refractivity contribution in [3.05, 3.63) is 40.8 Å². The van der Waals surface area contributed by atoms with Crippen LogP contribution in [-0.4, -0.2) is 27.5 Å². The molecule has 0 unspecified atom stereocenters. The second-order valence-corrected chi connectivity index (χ2v) is 9.09. The molecule has 0 amide bonds. The third-order valence-electron chi connectivity index (χ3n) is 4.33. The van der Waals surface area contributed by atoms with Gasteiger partial charge in [-0.25, -0.2) is 0 Å². The van der Waals surface area contributed by atoms with E-state index in [2.05, 4.69) is 0 Å². The van der Waals surface area contributed by atoms with Crippen LogP contribution >= 0.6 is 0 Å². The average Bonchev–Trinajstić information content (AvgIpc) is 2.60. The fourth-order valence-electron chi connectivity index (χ4n) is 2.27. The zero-order valence-electron chi connectivity index (χ0n) is 15.2. The molecule has 0 atom stereocenters. The molecular weight excluding hydrogens is 383 g/mol. The van der Waals surface area contributed by atoms with Gasteiger partial charge >= 0.3 is 155 Å². The Morgan fingerprint density at radius 3 is 2.72 bits per heavy atom. The first kappa shape index (κ1) is 19.7. The zero-order chi connectivity index (χ0) is 18.3. The van der Waals surface area contributed by atoms with Crippen molar-refractivity contribution in [1.82, 2.24) is 0 Å². The van der Waals surface area contributed by atoms with Gasteiger partial charge in [-0.1, -0.05) is 0 Å². The molecule has 1 aromatic carbocycles. The maximum atomic E-state index is 11.9. The molecule has 0 saturated carbocycles. The van der Waals surface area contributed by atoms with Crippen LogP contribution in [0.25, 0.3) is 11.0 Å². The minimum absolute atomic E-state index is 0.110. The van der Waals surface area contributed by atoms with Gasteiger partial charge in [0.05, 0.1) is 0 Å². The molecule has 0 fully saturated rings. The molecule has 2 rings (SSSR count). The van der Waals surface area contributed by atoms with Gasteiger partial charge in [0.25, 0.3) is 0 Å². The maximum absolute atomic E-state index is 11.9. The molecule has 0 saturated heterocycles. The van der Waals surface area contributed by atoms with E-state index in [9.17, 15) is 9.59 Å². The summed E-state index contributed by atoms with van der Waals surface area (Å²) in [4.78, 5) is 23.5. The van der Waals surface area contributed by atoms with E-state index < -0.39 is 5.41 Å². The van der Waals surface area contributed by atoms with Gasteiger partial charge in [0, 0.05) is 0 Å². The van der Waals surface area contributed by atoms with Gasteiger partial charge in [0.1, 0.15) is 0 Å². The summed E-state index contributed by atoms with van der Waals surface area (Å²) in [5.74, 6) is -0.110. The number of benzene rings is 1. The van der Waals surface area contributed by atoms with Crippen LogP contribution < -0.4 is 10.1 Å². The van der Waals surface area contributed by atoms with Crippen molar-refractivity contribution in [3.63, 3.8) is 0 Å². The second-order valence-electron chi connectivity index (χ2n) is 6.71. The molecule has 136 valence electrons. The SMILES string of the molecule is CCC(C)(C)C(=O)OCCCCC[Se]c1cc(=O)oc2ccccc12. The predicted molar refractivity (Wildman–Crippen MR) is 102 cm³/mol. The molecule has 0 N–H and O–H groups in total. The summed E-state index contributed by atoms with van der Waals surface area (Å²) < 4.78 is 11.7. The summed E-state index contributed by atoms with van der Waals surface area (Å²) in [6.07, 6.45) is 3.77. The summed E-state index contributed by atoms with van der Waals surface area (Å²) in [6, 6.07) is 9.31. The van der Waals surface area contributed by atoms with Gasteiger partial charge in [-0.2, -0.15) is 0 Å². The monoisotopic (exact) mass is 410 g/mol. The first-order valence-electron chi connectivity index (χ1n) is 8.77. The first-order valence-corrected chi connectivity index (χ1v) is 10.8. The number of fused-ring (bicyclic) bond motifs is 1. The Balaban J connectivity index is 1.72. The Morgan fingerprint density at radius 2 is 1.96 bits per heavy atom. The van der Waals surface area contributed by atoms with Crippen LogP contribution in [0.1, 0.15) is 46.5 Å². The van der Waals surface area contributed by atoms with Crippen LogP contribution in [0.3, 0.4) is 0 Å². The fraction of sp³-hybridized carbons (Fsp3) is 0.500. The number of hydrogen-bond acceptors (Lipinski definition) is 4. The Morgan fingerprint density at radius 1 is 1.20 bits per heavy atom. The third-order valence-corrected chi connectivity index (χ3v) is 6.72. The van der Waals surface area contributed by atoms with Gasteiger partial charge in [-0.05, 0) is 0 Å². The van der Waals surface area contributed by atoms with Crippen molar-refractivity contribution in [2.24, 2.45) is 5.41 Å². The van der Waals surface area contributed by atoms with E-state index in [1.165, 1.54) is 0 Å². The molecule has 0 aliphatic carbocycles. The Bertz CT molecular complexity index is 764. The van der Waals surface area contributed by atoms with Crippen LogP contribution in [-0.2, 0) is 9.53 Å². The molecule has 1 heterocycles. The fourth-order valence-corrected chi connectivity index (χ4v) is 4.52. The summed E-state index contributed by atoms with van der Waals surface area (Å²) in [5, 5.41) is 2.10.